The first-order chi connectivity index (χ1) is 9.31. The van der Waals surface area contributed by atoms with Gasteiger partial charge in [0.1, 0.15) is 0 Å². The maximum atomic E-state index is 11.5. The van der Waals surface area contributed by atoms with Crippen LogP contribution in [0.15, 0.2) is 16.6 Å². The molecular weight excluding hydrogens is 320 g/mol. The Kier molecular flexibility index (Phi) is 4.39. The van der Waals surface area contributed by atoms with Gasteiger partial charge >= 0.3 is 0 Å². The largest absolute Gasteiger partial charge is 0.378 e. The first-order valence-electron chi connectivity index (χ1n) is 6.90. The smallest absolute Gasteiger partial charge is 0.257 e. The van der Waals surface area contributed by atoms with E-state index in [1.54, 1.807) is 0 Å². The molecule has 2 N–H and O–H groups in total. The Labute approximate surface area is 128 Å². The molecule has 0 aliphatic carbocycles. The summed E-state index contributed by atoms with van der Waals surface area (Å²) in [7, 11) is 0. The quantitative estimate of drug-likeness (QED) is 0.884. The summed E-state index contributed by atoms with van der Waals surface area (Å²) in [5, 5.41) is 12.5. The molecule has 110 valence electrons. The molecule has 1 unspecified atom stereocenters. The highest BCUT2D eigenvalue weighted by Crippen LogP contribution is 2.39. The van der Waals surface area contributed by atoms with E-state index in [4.69, 9.17) is 0 Å². The highest BCUT2D eigenvalue weighted by Gasteiger charge is 2.30. The van der Waals surface area contributed by atoms with Crippen molar-refractivity contribution in [2.45, 2.75) is 39.8 Å². The first kappa shape index (κ1) is 15.3. The molecule has 0 saturated heterocycles. The molecular formula is C15H21BrN2O2. The van der Waals surface area contributed by atoms with E-state index in [1.165, 1.54) is 0 Å². The Hall–Kier alpha value is -1.07. The lowest BCUT2D eigenvalue weighted by atomic mass is 10.1. The lowest BCUT2D eigenvalue weighted by Crippen LogP contribution is -2.34. The van der Waals surface area contributed by atoms with E-state index in [9.17, 15) is 9.90 Å². The van der Waals surface area contributed by atoms with Gasteiger partial charge in [0, 0.05) is 28.3 Å². The monoisotopic (exact) mass is 340 g/mol. The molecule has 0 aromatic heterocycles. The third-order valence-electron chi connectivity index (χ3n) is 3.41. The molecule has 1 amide bonds. The second-order valence-electron chi connectivity index (χ2n) is 5.92. The second-order valence-corrected chi connectivity index (χ2v) is 6.78. The van der Waals surface area contributed by atoms with Gasteiger partial charge in [-0.15, -0.1) is 0 Å². The number of halogens is 1. The SMILES string of the molecule is CC(C)CN(c1cc2c(cc1Br)C(O)C(=O)N2)C(C)C. The van der Waals surface area contributed by atoms with Crippen molar-refractivity contribution in [3.05, 3.63) is 22.2 Å². The fraction of sp³-hybridized carbons (Fsp3) is 0.533. The van der Waals surface area contributed by atoms with Crippen molar-refractivity contribution in [1.82, 2.24) is 0 Å². The third-order valence-corrected chi connectivity index (χ3v) is 4.05. The Morgan fingerprint density at radius 2 is 2.00 bits per heavy atom. The van der Waals surface area contributed by atoms with Gasteiger partial charge in [0.25, 0.3) is 5.91 Å². The molecule has 0 saturated carbocycles. The normalized spacial score (nSPS) is 17.6. The molecule has 1 heterocycles. The van der Waals surface area contributed by atoms with Crippen LogP contribution < -0.4 is 10.2 Å². The number of nitrogens with zero attached hydrogens (tertiary/aromatic N) is 1. The van der Waals surface area contributed by atoms with Gasteiger partial charge < -0.3 is 15.3 Å². The van der Waals surface area contributed by atoms with E-state index in [2.05, 4.69) is 53.8 Å². The number of hydrogen-bond donors (Lipinski definition) is 2. The summed E-state index contributed by atoms with van der Waals surface area (Å²) in [5.74, 6) is 0.182. The van der Waals surface area contributed by atoms with Crippen LogP contribution in [0.4, 0.5) is 11.4 Å². The number of aliphatic hydroxyl groups excluding tert-OH is 1. The van der Waals surface area contributed by atoms with Gasteiger partial charge in [-0.3, -0.25) is 4.79 Å². The molecule has 0 fully saturated rings. The zero-order valence-electron chi connectivity index (χ0n) is 12.3. The van der Waals surface area contributed by atoms with Crippen molar-refractivity contribution in [2.75, 3.05) is 16.8 Å². The van der Waals surface area contributed by atoms with Gasteiger partial charge in [0.05, 0.1) is 5.69 Å². The highest BCUT2D eigenvalue weighted by molar-refractivity contribution is 9.10. The Bertz CT molecular complexity index is 529. The molecule has 0 radical (unpaired) electrons. The third kappa shape index (κ3) is 2.83. The molecule has 1 aromatic carbocycles. The van der Waals surface area contributed by atoms with Crippen molar-refractivity contribution >= 4 is 33.2 Å². The molecule has 0 spiro atoms. The Morgan fingerprint density at radius 1 is 1.35 bits per heavy atom. The van der Waals surface area contributed by atoms with E-state index >= 15 is 0 Å². The van der Waals surface area contributed by atoms with Crippen molar-refractivity contribution in [3.8, 4) is 0 Å². The Balaban J connectivity index is 2.42. The van der Waals surface area contributed by atoms with Crippen LogP contribution in [0.3, 0.4) is 0 Å². The predicted octanol–water partition coefficient (Wildman–Crippen LogP) is 3.31. The number of anilines is 2. The number of carbonyl (C=O) groups is 1. The molecule has 0 bridgehead atoms. The highest BCUT2D eigenvalue weighted by atomic mass is 79.9. The molecule has 1 atom stereocenters. The minimum Gasteiger partial charge on any atom is -0.378 e. The molecule has 1 aliphatic rings. The standard InChI is InChI=1S/C15H21BrN2O2/c1-8(2)7-18(9(3)4)13-6-12-10(5-11(13)16)14(19)15(20)17-12/h5-6,8-9,14,19H,7H2,1-4H3,(H,17,20). The Morgan fingerprint density at radius 3 is 2.55 bits per heavy atom. The summed E-state index contributed by atoms with van der Waals surface area (Å²) in [6, 6.07) is 4.13. The molecule has 2 rings (SSSR count). The summed E-state index contributed by atoms with van der Waals surface area (Å²) in [4.78, 5) is 13.8. The number of nitrogens with one attached hydrogen (secondary N) is 1. The zero-order chi connectivity index (χ0) is 15.0. The molecule has 1 aromatic rings. The summed E-state index contributed by atoms with van der Waals surface area (Å²) in [6.07, 6.45) is -1.06. The number of hydrogen-bond acceptors (Lipinski definition) is 3. The van der Waals surface area contributed by atoms with Crippen LogP contribution in [0, 0.1) is 5.92 Å². The summed E-state index contributed by atoms with van der Waals surface area (Å²) >= 11 is 3.56. The molecule has 5 heteroatoms. The van der Waals surface area contributed by atoms with Gasteiger partial charge in [-0.05, 0) is 47.8 Å². The number of fused-ring (bicyclic) bond motifs is 1. The van der Waals surface area contributed by atoms with Crippen LogP contribution >= 0.6 is 15.9 Å². The average Bonchev–Trinajstić information content (AvgIpc) is 2.61. The van der Waals surface area contributed by atoms with Gasteiger partial charge in [0.2, 0.25) is 0 Å². The van der Waals surface area contributed by atoms with Gasteiger partial charge in [-0.1, -0.05) is 13.8 Å². The summed E-state index contributed by atoms with van der Waals surface area (Å²) < 4.78 is 0.904. The maximum absolute atomic E-state index is 11.5. The van der Waals surface area contributed by atoms with E-state index in [0.717, 1.165) is 16.7 Å². The number of rotatable bonds is 4. The van der Waals surface area contributed by atoms with Crippen LogP contribution in [0.5, 0.6) is 0 Å². The predicted molar refractivity (Wildman–Crippen MR) is 85.1 cm³/mol. The van der Waals surface area contributed by atoms with Crippen molar-refractivity contribution in [1.29, 1.82) is 0 Å². The van der Waals surface area contributed by atoms with E-state index in [-0.39, 0.29) is 5.91 Å². The van der Waals surface area contributed by atoms with E-state index in [1.807, 2.05) is 12.1 Å². The fourth-order valence-electron chi connectivity index (χ4n) is 2.45. The molecule has 20 heavy (non-hydrogen) atoms. The van der Waals surface area contributed by atoms with Crippen LogP contribution in [0.2, 0.25) is 0 Å². The van der Waals surface area contributed by atoms with Crippen molar-refractivity contribution in [2.24, 2.45) is 5.92 Å². The fourth-order valence-corrected chi connectivity index (χ4v) is 3.04. The van der Waals surface area contributed by atoms with Crippen LogP contribution in [-0.4, -0.2) is 23.6 Å². The molecule has 1 aliphatic heterocycles. The average molecular weight is 341 g/mol. The summed E-state index contributed by atoms with van der Waals surface area (Å²) in [6.45, 7) is 9.60. The number of benzene rings is 1. The van der Waals surface area contributed by atoms with E-state index < -0.39 is 6.10 Å². The van der Waals surface area contributed by atoms with Crippen molar-refractivity contribution < 1.29 is 9.90 Å². The number of aliphatic hydroxyl groups is 1. The second kappa shape index (κ2) is 5.74. The number of amides is 1. The van der Waals surface area contributed by atoms with Crippen LogP contribution in [0.1, 0.15) is 39.4 Å². The maximum Gasteiger partial charge on any atom is 0.257 e. The van der Waals surface area contributed by atoms with Crippen LogP contribution in [-0.2, 0) is 4.79 Å². The first-order valence-corrected chi connectivity index (χ1v) is 7.69. The molecule has 4 nitrogen and oxygen atoms in total. The van der Waals surface area contributed by atoms with Crippen molar-refractivity contribution in [3.63, 3.8) is 0 Å². The van der Waals surface area contributed by atoms with E-state index in [0.29, 0.717) is 23.2 Å². The lowest BCUT2D eigenvalue weighted by Gasteiger charge is -2.32. The minimum atomic E-state index is -1.06. The summed E-state index contributed by atoms with van der Waals surface area (Å²) in [5.41, 5.74) is 2.39. The number of carbonyl (C=O) groups excluding carboxylic acids is 1. The lowest BCUT2D eigenvalue weighted by molar-refractivity contribution is -0.123. The van der Waals surface area contributed by atoms with Gasteiger partial charge in [-0.2, -0.15) is 0 Å². The van der Waals surface area contributed by atoms with Crippen LogP contribution in [0.25, 0.3) is 0 Å². The van der Waals surface area contributed by atoms with Gasteiger partial charge in [-0.25, -0.2) is 0 Å². The topological polar surface area (TPSA) is 52.6 Å². The van der Waals surface area contributed by atoms with Gasteiger partial charge in [0.15, 0.2) is 6.10 Å². The zero-order valence-corrected chi connectivity index (χ0v) is 13.9. The minimum absolute atomic E-state index is 0.355.